The largest absolute Gasteiger partial charge is 0.368 e. The van der Waals surface area contributed by atoms with E-state index in [4.69, 9.17) is 5.73 Å². The summed E-state index contributed by atoms with van der Waals surface area (Å²) in [6.45, 7) is 5.78. The van der Waals surface area contributed by atoms with Crippen molar-refractivity contribution in [3.05, 3.63) is 6.33 Å². The molecule has 0 aromatic carbocycles. The van der Waals surface area contributed by atoms with Crippen LogP contribution in [-0.2, 0) is 4.79 Å². The number of hydrogen-bond donors (Lipinski definition) is 2. The van der Waals surface area contributed by atoms with E-state index in [-0.39, 0.29) is 23.1 Å². The fraction of sp³-hybridized carbons (Fsp3) is 0.556. The maximum atomic E-state index is 11.5. The smallest absolute Gasteiger partial charge is 0.230 e. The van der Waals surface area contributed by atoms with Crippen LogP contribution in [0.2, 0.25) is 0 Å². The highest BCUT2D eigenvalue weighted by molar-refractivity contribution is 7.99. The zero-order valence-electron chi connectivity index (χ0n) is 9.52. The zero-order chi connectivity index (χ0) is 12.2. The van der Waals surface area contributed by atoms with E-state index >= 15 is 0 Å². The summed E-state index contributed by atoms with van der Waals surface area (Å²) in [7, 11) is 0. The minimum atomic E-state index is -0.226. The molecule has 0 aliphatic carbocycles. The molecule has 1 aromatic rings. The summed E-state index contributed by atoms with van der Waals surface area (Å²) in [5.41, 5.74) is 5.16. The average Bonchev–Trinajstić information content (AvgIpc) is 2.12. The van der Waals surface area contributed by atoms with Gasteiger partial charge in [-0.2, -0.15) is 4.98 Å². The van der Waals surface area contributed by atoms with Gasteiger partial charge in [0.05, 0.1) is 5.75 Å². The molecular formula is C9H15N5OS. The minimum Gasteiger partial charge on any atom is -0.368 e. The Labute approximate surface area is 98.5 Å². The minimum absolute atomic E-state index is 0.0588. The second-order valence-corrected chi connectivity index (χ2v) is 5.16. The van der Waals surface area contributed by atoms with Crippen LogP contribution in [0.1, 0.15) is 20.8 Å². The number of rotatable bonds is 3. The number of aromatic nitrogens is 3. The topological polar surface area (TPSA) is 93.8 Å². The van der Waals surface area contributed by atoms with Gasteiger partial charge in [-0.3, -0.25) is 4.79 Å². The predicted octanol–water partition coefficient (Wildman–Crippen LogP) is 0.461. The Morgan fingerprint density at radius 1 is 1.50 bits per heavy atom. The summed E-state index contributed by atoms with van der Waals surface area (Å²) < 4.78 is 0. The molecule has 3 N–H and O–H groups in total. The Balaban J connectivity index is 2.43. The molecule has 0 aliphatic heterocycles. The third-order valence-electron chi connectivity index (χ3n) is 1.42. The lowest BCUT2D eigenvalue weighted by Crippen LogP contribution is -2.41. The molecular weight excluding hydrogens is 226 g/mol. The molecule has 16 heavy (non-hydrogen) atoms. The monoisotopic (exact) mass is 241 g/mol. The van der Waals surface area contributed by atoms with E-state index in [0.717, 1.165) is 0 Å². The van der Waals surface area contributed by atoms with E-state index in [0.29, 0.717) is 5.16 Å². The summed E-state index contributed by atoms with van der Waals surface area (Å²) in [5.74, 6) is 0.367. The molecule has 7 heteroatoms. The number of thioether (sulfide) groups is 1. The van der Waals surface area contributed by atoms with Gasteiger partial charge in [0.25, 0.3) is 0 Å². The molecule has 1 heterocycles. The Hall–Kier alpha value is -1.37. The molecule has 1 aromatic heterocycles. The quantitative estimate of drug-likeness (QED) is 0.747. The predicted molar refractivity (Wildman–Crippen MR) is 62.9 cm³/mol. The van der Waals surface area contributed by atoms with E-state index in [1.54, 1.807) is 0 Å². The van der Waals surface area contributed by atoms with Gasteiger partial charge in [-0.1, -0.05) is 11.8 Å². The normalized spacial score (nSPS) is 11.2. The molecule has 0 saturated carbocycles. The molecule has 0 saturated heterocycles. The number of carbonyl (C=O) groups is 1. The third-order valence-corrected chi connectivity index (χ3v) is 2.28. The van der Waals surface area contributed by atoms with Crippen molar-refractivity contribution >= 4 is 23.6 Å². The van der Waals surface area contributed by atoms with Crippen molar-refractivity contribution in [2.45, 2.75) is 31.5 Å². The third kappa shape index (κ3) is 4.92. The number of nitrogens with two attached hydrogens (primary N) is 1. The van der Waals surface area contributed by atoms with Crippen molar-refractivity contribution < 1.29 is 4.79 Å². The molecule has 0 bridgehead atoms. The van der Waals surface area contributed by atoms with Crippen LogP contribution in [0.25, 0.3) is 0 Å². The van der Waals surface area contributed by atoms with Gasteiger partial charge in [-0.25, -0.2) is 9.97 Å². The van der Waals surface area contributed by atoms with E-state index in [2.05, 4.69) is 20.3 Å². The maximum Gasteiger partial charge on any atom is 0.230 e. The van der Waals surface area contributed by atoms with Crippen LogP contribution < -0.4 is 11.1 Å². The number of nitrogens with one attached hydrogen (secondary N) is 1. The van der Waals surface area contributed by atoms with Crippen molar-refractivity contribution in [1.29, 1.82) is 0 Å². The average molecular weight is 241 g/mol. The molecule has 6 nitrogen and oxygen atoms in total. The van der Waals surface area contributed by atoms with Gasteiger partial charge in [0.2, 0.25) is 11.9 Å². The van der Waals surface area contributed by atoms with Gasteiger partial charge < -0.3 is 11.1 Å². The Morgan fingerprint density at radius 3 is 2.75 bits per heavy atom. The highest BCUT2D eigenvalue weighted by Crippen LogP contribution is 2.12. The lowest BCUT2D eigenvalue weighted by Gasteiger charge is -2.20. The van der Waals surface area contributed by atoms with Crippen molar-refractivity contribution in [1.82, 2.24) is 20.3 Å². The highest BCUT2D eigenvalue weighted by atomic mass is 32.2. The van der Waals surface area contributed by atoms with E-state index < -0.39 is 0 Å². The fourth-order valence-electron chi connectivity index (χ4n) is 0.947. The van der Waals surface area contributed by atoms with Crippen LogP contribution in [0.4, 0.5) is 5.95 Å². The SMILES string of the molecule is CC(C)(C)NC(=O)CSc1ncnc(N)n1. The van der Waals surface area contributed by atoms with Crippen LogP contribution >= 0.6 is 11.8 Å². The van der Waals surface area contributed by atoms with Crippen molar-refractivity contribution in [3.8, 4) is 0 Å². The molecule has 0 radical (unpaired) electrons. The molecule has 0 aliphatic rings. The van der Waals surface area contributed by atoms with Crippen molar-refractivity contribution in [2.24, 2.45) is 0 Å². The molecule has 1 rings (SSSR count). The number of anilines is 1. The number of nitrogen functional groups attached to an aromatic ring is 1. The van der Waals surface area contributed by atoms with Crippen LogP contribution in [0.5, 0.6) is 0 Å². The lowest BCUT2D eigenvalue weighted by molar-refractivity contribution is -0.119. The van der Waals surface area contributed by atoms with Crippen molar-refractivity contribution in [2.75, 3.05) is 11.5 Å². The first kappa shape index (κ1) is 12.7. The number of amides is 1. The first-order valence-electron chi connectivity index (χ1n) is 4.75. The molecule has 88 valence electrons. The first-order chi connectivity index (χ1) is 7.37. The fourth-order valence-corrected chi connectivity index (χ4v) is 1.56. The molecule has 0 fully saturated rings. The molecule has 0 unspecified atom stereocenters. The second-order valence-electron chi connectivity index (χ2n) is 4.21. The van der Waals surface area contributed by atoms with Gasteiger partial charge in [0.1, 0.15) is 6.33 Å². The van der Waals surface area contributed by atoms with Gasteiger partial charge in [0, 0.05) is 5.54 Å². The van der Waals surface area contributed by atoms with Crippen molar-refractivity contribution in [3.63, 3.8) is 0 Å². The summed E-state index contributed by atoms with van der Waals surface area (Å²) >= 11 is 1.23. The molecule has 1 amide bonds. The highest BCUT2D eigenvalue weighted by Gasteiger charge is 2.14. The lowest BCUT2D eigenvalue weighted by atomic mass is 10.1. The van der Waals surface area contributed by atoms with Gasteiger partial charge in [-0.05, 0) is 20.8 Å². The number of nitrogens with zero attached hydrogens (tertiary/aromatic N) is 3. The first-order valence-corrected chi connectivity index (χ1v) is 5.74. The maximum absolute atomic E-state index is 11.5. The van der Waals surface area contributed by atoms with Crippen LogP contribution in [-0.4, -0.2) is 32.2 Å². The van der Waals surface area contributed by atoms with Crippen LogP contribution in [0.3, 0.4) is 0 Å². The molecule has 0 spiro atoms. The molecule has 0 atom stereocenters. The standard InChI is InChI=1S/C9H15N5OS/c1-9(2,3)14-6(15)4-16-8-12-5-11-7(10)13-8/h5H,4H2,1-3H3,(H,14,15)(H2,10,11,12,13). The van der Waals surface area contributed by atoms with E-state index in [1.165, 1.54) is 18.1 Å². The number of hydrogen-bond acceptors (Lipinski definition) is 6. The zero-order valence-corrected chi connectivity index (χ0v) is 10.3. The number of carbonyl (C=O) groups excluding carboxylic acids is 1. The Morgan fingerprint density at radius 2 is 2.19 bits per heavy atom. The van der Waals surface area contributed by atoms with E-state index in [9.17, 15) is 4.79 Å². The van der Waals surface area contributed by atoms with Gasteiger partial charge in [0.15, 0.2) is 5.16 Å². The Bertz CT molecular complexity index is 376. The second kappa shape index (κ2) is 5.11. The van der Waals surface area contributed by atoms with Gasteiger partial charge in [-0.15, -0.1) is 0 Å². The summed E-state index contributed by atoms with van der Waals surface area (Å²) in [5, 5.41) is 3.30. The summed E-state index contributed by atoms with van der Waals surface area (Å²) in [6.07, 6.45) is 1.33. The van der Waals surface area contributed by atoms with Crippen LogP contribution in [0, 0.1) is 0 Å². The summed E-state index contributed by atoms with van der Waals surface area (Å²) in [4.78, 5) is 22.9. The Kier molecular flexibility index (Phi) is 4.05. The van der Waals surface area contributed by atoms with Gasteiger partial charge >= 0.3 is 0 Å². The summed E-state index contributed by atoms with van der Waals surface area (Å²) in [6, 6.07) is 0. The van der Waals surface area contributed by atoms with Crippen LogP contribution in [0.15, 0.2) is 11.5 Å². The van der Waals surface area contributed by atoms with E-state index in [1.807, 2.05) is 20.8 Å².